The van der Waals surface area contributed by atoms with Crippen molar-refractivity contribution in [2.45, 2.75) is 38.3 Å². The Morgan fingerprint density at radius 3 is 2.60 bits per heavy atom. The second-order valence-electron chi connectivity index (χ2n) is 3.79. The fourth-order valence-corrected chi connectivity index (χ4v) is 4.20. The quantitative estimate of drug-likeness (QED) is 0.482. The zero-order chi connectivity index (χ0) is 11.3. The van der Waals surface area contributed by atoms with E-state index in [-0.39, 0.29) is 5.16 Å². The topological polar surface area (TPSA) is 0 Å². The summed E-state index contributed by atoms with van der Waals surface area (Å²) in [5.74, 6) is 0. The summed E-state index contributed by atoms with van der Waals surface area (Å²) >= 11 is 8.58. The minimum Gasteiger partial charge on any atom is -0.0991 e. The van der Waals surface area contributed by atoms with Gasteiger partial charge in [-0.3, -0.25) is 0 Å². The van der Waals surface area contributed by atoms with Gasteiger partial charge < -0.3 is 0 Å². The highest BCUT2D eigenvalue weighted by molar-refractivity contribution is 14.1. The van der Waals surface area contributed by atoms with Crippen molar-refractivity contribution in [2.24, 2.45) is 0 Å². The van der Waals surface area contributed by atoms with Crippen LogP contribution in [0, 0.1) is 3.57 Å². The highest BCUT2D eigenvalue weighted by Crippen LogP contribution is 2.50. The Bertz CT molecular complexity index is 310. The van der Waals surface area contributed by atoms with Gasteiger partial charge in [-0.15, -0.1) is 0 Å². The molecule has 0 saturated heterocycles. The lowest BCUT2D eigenvalue weighted by molar-refractivity contribution is 0.538. The molecule has 0 saturated carbocycles. The molecule has 0 bridgehead atoms. The van der Waals surface area contributed by atoms with Crippen LogP contribution in [-0.4, -0.2) is 0 Å². The monoisotopic (exact) mass is 354 g/mol. The Kier molecular flexibility index (Phi) is 5.87. The Hall–Kier alpha value is 0.670. The third-order valence-electron chi connectivity index (χ3n) is 2.84. The first-order valence-corrected chi connectivity index (χ1v) is 8.41. The lowest BCUT2D eigenvalue weighted by atomic mass is 9.91. The predicted octanol–water partition coefficient (Wildman–Crippen LogP) is 5.53. The van der Waals surface area contributed by atoms with E-state index in [0.29, 0.717) is 7.93 Å². The molecule has 0 nitrogen and oxygen atoms in total. The number of halogens is 2. The van der Waals surface area contributed by atoms with Crippen LogP contribution in [0.1, 0.15) is 38.7 Å². The van der Waals surface area contributed by atoms with Gasteiger partial charge in [0.25, 0.3) is 0 Å². The van der Waals surface area contributed by atoms with Crippen LogP contribution in [0.3, 0.4) is 0 Å². The molecule has 2 unspecified atom stereocenters. The highest BCUT2D eigenvalue weighted by Gasteiger charge is 2.28. The minimum absolute atomic E-state index is 0.206. The zero-order valence-corrected chi connectivity index (χ0v) is 13.1. The molecule has 1 aromatic rings. The molecule has 0 aliphatic heterocycles. The normalized spacial score (nSPS) is 15.7. The van der Waals surface area contributed by atoms with Crippen LogP contribution >= 0.6 is 41.8 Å². The molecular weight excluding hydrogens is 337 g/mol. The smallest absolute Gasteiger partial charge is 0.0263 e. The number of rotatable bonds is 5. The standard InChI is InChI=1S/C12H17ClIP/c1-3-8-12(4-2,15-13)10-6-5-7-11(14)9-10/h5-7,9,15H,3-4,8H2,1-2H3. The molecule has 0 heterocycles. The van der Waals surface area contributed by atoms with Gasteiger partial charge in [-0.1, -0.05) is 43.6 Å². The van der Waals surface area contributed by atoms with Gasteiger partial charge >= 0.3 is 0 Å². The molecule has 0 amide bonds. The lowest BCUT2D eigenvalue weighted by Crippen LogP contribution is -2.18. The van der Waals surface area contributed by atoms with E-state index in [9.17, 15) is 0 Å². The third kappa shape index (κ3) is 3.31. The van der Waals surface area contributed by atoms with Crippen LogP contribution in [0.2, 0.25) is 0 Å². The first-order valence-electron chi connectivity index (χ1n) is 5.32. The van der Waals surface area contributed by atoms with E-state index in [1.165, 1.54) is 22.0 Å². The molecule has 1 rings (SSSR count). The van der Waals surface area contributed by atoms with Crippen molar-refractivity contribution in [1.29, 1.82) is 0 Å². The minimum atomic E-state index is 0.206. The second-order valence-corrected chi connectivity index (χ2v) is 6.75. The van der Waals surface area contributed by atoms with Crippen LogP contribution in [-0.2, 0) is 5.16 Å². The Morgan fingerprint density at radius 2 is 2.13 bits per heavy atom. The first-order chi connectivity index (χ1) is 7.18. The molecule has 0 fully saturated rings. The fourth-order valence-electron chi connectivity index (χ4n) is 1.91. The summed E-state index contributed by atoms with van der Waals surface area (Å²) in [6, 6.07) is 8.76. The maximum absolute atomic E-state index is 6.22. The van der Waals surface area contributed by atoms with Crippen molar-refractivity contribution in [2.75, 3.05) is 0 Å². The molecule has 0 N–H and O–H groups in total. The Balaban J connectivity index is 3.07. The summed E-state index contributed by atoms with van der Waals surface area (Å²) < 4.78 is 1.30. The van der Waals surface area contributed by atoms with Gasteiger partial charge in [0.05, 0.1) is 0 Å². The molecule has 15 heavy (non-hydrogen) atoms. The van der Waals surface area contributed by atoms with Crippen molar-refractivity contribution in [3.63, 3.8) is 0 Å². The average Bonchev–Trinajstić information content (AvgIpc) is 2.26. The van der Waals surface area contributed by atoms with Gasteiger partial charge in [0, 0.05) is 8.73 Å². The van der Waals surface area contributed by atoms with Gasteiger partial charge in [0.1, 0.15) is 0 Å². The Labute approximate surface area is 113 Å². The summed E-state index contributed by atoms with van der Waals surface area (Å²) in [6.07, 6.45) is 3.51. The van der Waals surface area contributed by atoms with Crippen LogP contribution in [0.25, 0.3) is 0 Å². The summed E-state index contributed by atoms with van der Waals surface area (Å²) in [7, 11) is 0.469. The van der Waals surface area contributed by atoms with E-state index in [0.717, 1.165) is 6.42 Å². The van der Waals surface area contributed by atoms with Crippen LogP contribution < -0.4 is 0 Å². The maximum atomic E-state index is 6.22. The summed E-state index contributed by atoms with van der Waals surface area (Å²) in [5.41, 5.74) is 1.41. The molecule has 3 heteroatoms. The van der Waals surface area contributed by atoms with E-state index >= 15 is 0 Å². The van der Waals surface area contributed by atoms with Crippen molar-refractivity contribution in [3.8, 4) is 0 Å². The third-order valence-corrected chi connectivity index (χ3v) is 5.85. The molecule has 84 valence electrons. The number of hydrogen-bond acceptors (Lipinski definition) is 0. The molecular formula is C12H17ClIP. The molecule has 0 aromatic heterocycles. The van der Waals surface area contributed by atoms with E-state index in [4.69, 9.17) is 11.2 Å². The summed E-state index contributed by atoms with van der Waals surface area (Å²) in [6.45, 7) is 4.47. The number of benzene rings is 1. The lowest BCUT2D eigenvalue weighted by Gasteiger charge is -2.30. The SMILES string of the molecule is CCCC(CC)(PCl)c1cccc(I)c1. The largest absolute Gasteiger partial charge is 0.0991 e. The van der Waals surface area contributed by atoms with Crippen LogP contribution in [0.5, 0.6) is 0 Å². The van der Waals surface area contributed by atoms with Gasteiger partial charge in [0.15, 0.2) is 0 Å². The number of hydrogen-bond donors (Lipinski definition) is 0. The van der Waals surface area contributed by atoms with Gasteiger partial charge in [-0.05, 0) is 61.1 Å². The second kappa shape index (κ2) is 6.42. The molecule has 0 radical (unpaired) electrons. The van der Waals surface area contributed by atoms with Crippen molar-refractivity contribution in [1.82, 2.24) is 0 Å². The zero-order valence-electron chi connectivity index (χ0n) is 9.19. The fraction of sp³-hybridized carbons (Fsp3) is 0.500. The van der Waals surface area contributed by atoms with Crippen molar-refractivity contribution >= 4 is 41.8 Å². The van der Waals surface area contributed by atoms with Crippen LogP contribution in [0.15, 0.2) is 24.3 Å². The summed E-state index contributed by atoms with van der Waals surface area (Å²) in [5, 5.41) is 0.206. The average molecular weight is 355 g/mol. The molecule has 2 atom stereocenters. The van der Waals surface area contributed by atoms with Gasteiger partial charge in [-0.2, -0.15) is 0 Å². The predicted molar refractivity (Wildman–Crippen MR) is 80.2 cm³/mol. The first kappa shape index (κ1) is 13.7. The van der Waals surface area contributed by atoms with E-state index in [1.54, 1.807) is 0 Å². The van der Waals surface area contributed by atoms with E-state index < -0.39 is 0 Å². The molecule has 0 aliphatic rings. The van der Waals surface area contributed by atoms with Gasteiger partial charge in [-0.25, -0.2) is 0 Å². The summed E-state index contributed by atoms with van der Waals surface area (Å²) in [4.78, 5) is 0. The maximum Gasteiger partial charge on any atom is 0.0263 e. The van der Waals surface area contributed by atoms with Crippen molar-refractivity contribution < 1.29 is 0 Å². The Morgan fingerprint density at radius 1 is 1.40 bits per heavy atom. The molecule has 1 aromatic carbocycles. The van der Waals surface area contributed by atoms with Gasteiger partial charge in [0.2, 0.25) is 0 Å². The molecule has 0 spiro atoms. The van der Waals surface area contributed by atoms with E-state index in [1.807, 2.05) is 0 Å². The van der Waals surface area contributed by atoms with Crippen LogP contribution in [0.4, 0.5) is 0 Å². The molecule has 0 aliphatic carbocycles. The highest BCUT2D eigenvalue weighted by atomic mass is 127. The van der Waals surface area contributed by atoms with Crippen molar-refractivity contribution in [3.05, 3.63) is 33.4 Å². The van der Waals surface area contributed by atoms with E-state index in [2.05, 4.69) is 60.7 Å².